The molecule has 0 bridgehead atoms. The zero-order valence-corrected chi connectivity index (χ0v) is 24.1. The van der Waals surface area contributed by atoms with Gasteiger partial charge < -0.3 is 5.11 Å². The van der Waals surface area contributed by atoms with E-state index in [9.17, 15) is 34.4 Å². The lowest BCUT2D eigenvalue weighted by Gasteiger charge is -2.50. The van der Waals surface area contributed by atoms with Crippen LogP contribution >= 0.6 is 23.2 Å². The summed E-state index contributed by atoms with van der Waals surface area (Å²) in [6.45, 7) is 0. The number of halogens is 2. The van der Waals surface area contributed by atoms with Crippen LogP contribution in [0.1, 0.15) is 24.3 Å². The second-order valence-corrected chi connectivity index (χ2v) is 12.7. The predicted molar refractivity (Wildman–Crippen MR) is 157 cm³/mol. The maximum absolute atomic E-state index is 14.1. The van der Waals surface area contributed by atoms with Gasteiger partial charge in [-0.2, -0.15) is 0 Å². The van der Waals surface area contributed by atoms with Gasteiger partial charge in [-0.15, -0.1) is 23.2 Å². The number of anilines is 1. The number of carbonyl (C=O) groups is 4. The van der Waals surface area contributed by atoms with Crippen LogP contribution in [0, 0.1) is 27.9 Å². The highest BCUT2D eigenvalue weighted by Crippen LogP contribution is 2.66. The van der Waals surface area contributed by atoms with Crippen LogP contribution in [-0.2, 0) is 19.2 Å². The number of rotatable bonds is 3. The van der Waals surface area contributed by atoms with Gasteiger partial charge in [0.25, 0.3) is 17.5 Å². The van der Waals surface area contributed by atoms with Gasteiger partial charge in [0.15, 0.2) is 9.75 Å². The van der Waals surface area contributed by atoms with Crippen LogP contribution in [0.5, 0.6) is 5.75 Å². The number of hydrogen-bond donors (Lipinski definition) is 1. The molecular weight excluding hydrogens is 597 g/mol. The van der Waals surface area contributed by atoms with Crippen molar-refractivity contribution in [1.29, 1.82) is 0 Å². The molecule has 2 aliphatic carbocycles. The molecule has 7 rings (SSSR count). The molecule has 2 aliphatic heterocycles. The fraction of sp³-hybridized carbons (Fsp3) is 0.290. The summed E-state index contributed by atoms with van der Waals surface area (Å²) >= 11 is 14.4. The van der Waals surface area contributed by atoms with E-state index in [0.717, 1.165) is 15.2 Å². The molecule has 3 aromatic rings. The smallest absolute Gasteiger partial charge is 0.269 e. The SMILES string of the molecule is CN1C(=O)C2(Cl)CC3C(=CCC4C(=O)N(c5ccc([N+](=O)[O-])cc5)C(=O)C43)C(c3ccc4ccccc4c3O)C2(Cl)C1=O. The third-order valence-electron chi connectivity index (χ3n) is 9.58. The largest absolute Gasteiger partial charge is 0.507 e. The van der Waals surface area contributed by atoms with Gasteiger partial charge in [-0.25, -0.2) is 0 Å². The summed E-state index contributed by atoms with van der Waals surface area (Å²) in [6, 6.07) is 15.7. The highest BCUT2D eigenvalue weighted by Gasteiger charge is 2.76. The zero-order valence-electron chi connectivity index (χ0n) is 22.6. The number of aromatic hydroxyl groups is 1. The number of nitrogens with zero attached hydrogens (tertiary/aromatic N) is 3. The van der Waals surface area contributed by atoms with Crippen molar-refractivity contribution in [3.05, 3.63) is 88.0 Å². The molecule has 0 spiro atoms. The summed E-state index contributed by atoms with van der Waals surface area (Å²) in [5.74, 6) is -6.12. The lowest BCUT2D eigenvalue weighted by molar-refractivity contribution is -0.384. The van der Waals surface area contributed by atoms with Crippen LogP contribution in [0.15, 0.2) is 72.3 Å². The Labute approximate surface area is 254 Å². The van der Waals surface area contributed by atoms with Gasteiger partial charge in [-0.3, -0.25) is 39.1 Å². The van der Waals surface area contributed by atoms with Crippen molar-refractivity contribution >= 4 is 69.0 Å². The van der Waals surface area contributed by atoms with E-state index in [1.807, 2.05) is 12.1 Å². The highest BCUT2D eigenvalue weighted by atomic mass is 35.5. The minimum atomic E-state index is -2.01. The molecule has 43 heavy (non-hydrogen) atoms. The number of non-ortho nitro benzene ring substituents is 1. The van der Waals surface area contributed by atoms with Crippen LogP contribution in [0.25, 0.3) is 10.8 Å². The first-order valence-corrected chi connectivity index (χ1v) is 14.4. The number of nitro benzene ring substituents is 1. The molecule has 10 nitrogen and oxygen atoms in total. The molecule has 218 valence electrons. The fourth-order valence-electron chi connectivity index (χ4n) is 7.57. The van der Waals surface area contributed by atoms with Gasteiger partial charge in [0.05, 0.1) is 22.4 Å². The first-order valence-electron chi connectivity index (χ1n) is 13.6. The normalized spacial score (nSPS) is 31.7. The molecule has 1 N–H and O–H groups in total. The lowest BCUT2D eigenvalue weighted by Crippen LogP contribution is -2.60. The van der Waals surface area contributed by atoms with Gasteiger partial charge in [-0.05, 0) is 36.3 Å². The Balaban J connectivity index is 1.39. The van der Waals surface area contributed by atoms with Gasteiger partial charge >= 0.3 is 0 Å². The number of allylic oxidation sites excluding steroid dienone is 2. The number of phenolic OH excluding ortho intramolecular Hbond substituents is 1. The highest BCUT2D eigenvalue weighted by molar-refractivity contribution is 6.53. The third-order valence-corrected chi connectivity index (χ3v) is 11.0. The van der Waals surface area contributed by atoms with E-state index >= 15 is 0 Å². The van der Waals surface area contributed by atoms with Crippen molar-refractivity contribution in [3.63, 3.8) is 0 Å². The van der Waals surface area contributed by atoms with Crippen molar-refractivity contribution in [2.45, 2.75) is 28.5 Å². The van der Waals surface area contributed by atoms with Crippen molar-refractivity contribution in [1.82, 2.24) is 4.90 Å². The van der Waals surface area contributed by atoms with E-state index in [-0.39, 0.29) is 35.5 Å². The molecule has 1 saturated carbocycles. The van der Waals surface area contributed by atoms with Gasteiger partial charge in [0.1, 0.15) is 5.75 Å². The van der Waals surface area contributed by atoms with Crippen molar-refractivity contribution in [2.75, 3.05) is 11.9 Å². The molecule has 0 radical (unpaired) electrons. The fourth-order valence-corrected chi connectivity index (χ4v) is 8.58. The topological polar surface area (TPSA) is 138 Å². The van der Waals surface area contributed by atoms with E-state index in [1.54, 1.807) is 30.3 Å². The molecule has 6 unspecified atom stereocenters. The molecule has 3 aromatic carbocycles. The number of imide groups is 2. The molecule has 12 heteroatoms. The number of alkyl halides is 2. The van der Waals surface area contributed by atoms with E-state index in [4.69, 9.17) is 23.2 Å². The quantitative estimate of drug-likeness (QED) is 0.148. The predicted octanol–water partition coefficient (Wildman–Crippen LogP) is 4.65. The second kappa shape index (κ2) is 9.11. The number of amides is 4. The monoisotopic (exact) mass is 619 g/mol. The average Bonchev–Trinajstić information content (AvgIpc) is 3.33. The molecular formula is C31H23Cl2N3O7. The molecule has 4 amide bonds. The lowest BCUT2D eigenvalue weighted by atomic mass is 9.56. The number of likely N-dealkylation sites (tertiary alicyclic amines) is 1. The molecule has 2 saturated heterocycles. The first-order chi connectivity index (χ1) is 20.4. The number of benzene rings is 3. The second-order valence-electron chi connectivity index (χ2n) is 11.5. The first kappa shape index (κ1) is 27.5. The Bertz CT molecular complexity index is 1840. The minimum Gasteiger partial charge on any atom is -0.507 e. The molecule has 3 fully saturated rings. The standard InChI is InChI=1S/C31H23Cl2N3O7/c1-34-28(40)30(32)14-22-19(24(31(30,33)29(34)41)21-11-6-15-4-2-3-5-18(15)25(21)37)12-13-20-23(22)27(39)35(26(20)38)16-7-9-17(10-8-16)36(42)43/h2-12,20,22-24,37H,13-14H2,1H3. The Morgan fingerprint density at radius 3 is 2.33 bits per heavy atom. The third kappa shape index (κ3) is 3.41. The van der Waals surface area contributed by atoms with Crippen LogP contribution in [-0.4, -0.2) is 55.4 Å². The van der Waals surface area contributed by atoms with E-state index in [0.29, 0.717) is 11.0 Å². The number of hydrogen-bond acceptors (Lipinski definition) is 7. The summed E-state index contributed by atoms with van der Waals surface area (Å²) < 4.78 is 0. The molecule has 2 heterocycles. The van der Waals surface area contributed by atoms with E-state index in [2.05, 4.69) is 0 Å². The van der Waals surface area contributed by atoms with Crippen LogP contribution in [0.2, 0.25) is 0 Å². The Morgan fingerprint density at radius 2 is 1.63 bits per heavy atom. The molecule has 4 aliphatic rings. The van der Waals surface area contributed by atoms with E-state index in [1.165, 1.54) is 31.3 Å². The van der Waals surface area contributed by atoms with Gasteiger partial charge in [0.2, 0.25) is 11.8 Å². The number of carbonyl (C=O) groups excluding carboxylic acids is 4. The molecule has 0 aromatic heterocycles. The minimum absolute atomic E-state index is 0.123. The Kier molecular flexibility index (Phi) is 5.84. The summed E-state index contributed by atoms with van der Waals surface area (Å²) in [6.07, 6.45) is 1.75. The summed E-state index contributed by atoms with van der Waals surface area (Å²) in [5.41, 5.74) is 0.843. The van der Waals surface area contributed by atoms with Crippen molar-refractivity contribution in [2.24, 2.45) is 17.8 Å². The van der Waals surface area contributed by atoms with E-state index < -0.39 is 62.0 Å². The Hall–Kier alpha value is -4.28. The maximum atomic E-state index is 14.1. The van der Waals surface area contributed by atoms with Gasteiger partial charge in [0, 0.05) is 36.0 Å². The summed E-state index contributed by atoms with van der Waals surface area (Å²) in [5, 5.41) is 23.9. The van der Waals surface area contributed by atoms with Gasteiger partial charge in [-0.1, -0.05) is 48.0 Å². The Morgan fingerprint density at radius 1 is 0.930 bits per heavy atom. The number of nitro groups is 1. The van der Waals surface area contributed by atoms with Crippen LogP contribution < -0.4 is 4.90 Å². The number of phenols is 1. The van der Waals surface area contributed by atoms with Crippen molar-refractivity contribution < 1.29 is 29.2 Å². The molecule has 6 atom stereocenters. The maximum Gasteiger partial charge on any atom is 0.269 e. The van der Waals surface area contributed by atoms with Crippen molar-refractivity contribution in [3.8, 4) is 5.75 Å². The van der Waals surface area contributed by atoms with Crippen LogP contribution in [0.3, 0.4) is 0 Å². The number of fused-ring (bicyclic) bond motifs is 5. The summed E-state index contributed by atoms with van der Waals surface area (Å²) in [7, 11) is 1.30. The average molecular weight is 620 g/mol. The summed E-state index contributed by atoms with van der Waals surface area (Å²) in [4.78, 5) is 63.6. The van der Waals surface area contributed by atoms with Crippen LogP contribution in [0.4, 0.5) is 11.4 Å². The zero-order chi connectivity index (χ0) is 30.6.